The Morgan fingerprint density at radius 3 is 2.19 bits per heavy atom. The van der Waals surface area contributed by atoms with E-state index in [4.69, 9.17) is 0 Å². The zero-order valence-electron chi connectivity index (χ0n) is 16.7. The molecule has 2 amide bonds. The van der Waals surface area contributed by atoms with Crippen molar-refractivity contribution in [1.29, 1.82) is 0 Å². The van der Waals surface area contributed by atoms with E-state index >= 15 is 0 Å². The number of alkyl halides is 3. The number of nitrogens with zero attached hydrogens (tertiary/aromatic N) is 3. The van der Waals surface area contributed by atoms with Gasteiger partial charge in [0.05, 0.1) is 17.2 Å². The summed E-state index contributed by atoms with van der Waals surface area (Å²) in [6.07, 6.45) is -3.84. The molecule has 164 valence electrons. The molecule has 2 aliphatic rings. The van der Waals surface area contributed by atoms with E-state index in [1.807, 2.05) is 4.90 Å². The number of hydrogen-bond donors (Lipinski definition) is 1. The third kappa shape index (κ3) is 4.23. The SMILES string of the molecule is O=C(c1ccccc1O)N1CCN([C@H]2CCN(c3ccc(C(F)(F)F)cc3)C2=O)CC1. The van der Waals surface area contributed by atoms with E-state index < -0.39 is 11.7 Å². The van der Waals surface area contributed by atoms with Gasteiger partial charge in [-0.15, -0.1) is 0 Å². The van der Waals surface area contributed by atoms with E-state index in [-0.39, 0.29) is 29.2 Å². The van der Waals surface area contributed by atoms with Crippen LogP contribution in [0.1, 0.15) is 22.3 Å². The fourth-order valence-electron chi connectivity index (χ4n) is 4.15. The van der Waals surface area contributed by atoms with Gasteiger partial charge in [-0.1, -0.05) is 12.1 Å². The van der Waals surface area contributed by atoms with Gasteiger partial charge in [-0.05, 0) is 42.8 Å². The predicted molar refractivity (Wildman–Crippen MR) is 108 cm³/mol. The third-order valence-corrected chi connectivity index (χ3v) is 5.86. The highest BCUT2D eigenvalue weighted by molar-refractivity contribution is 5.99. The van der Waals surface area contributed by atoms with Crippen LogP contribution < -0.4 is 4.90 Å². The molecular weight excluding hydrogens is 411 g/mol. The lowest BCUT2D eigenvalue weighted by molar-refractivity contribution is -0.137. The summed E-state index contributed by atoms with van der Waals surface area (Å²) in [5.74, 6) is -0.449. The second kappa shape index (κ2) is 8.22. The number of phenols is 1. The number of halogens is 3. The third-order valence-electron chi connectivity index (χ3n) is 5.86. The maximum absolute atomic E-state index is 12.9. The number of piperazine rings is 1. The van der Waals surface area contributed by atoms with Crippen molar-refractivity contribution in [3.63, 3.8) is 0 Å². The van der Waals surface area contributed by atoms with Gasteiger partial charge in [0.2, 0.25) is 5.91 Å². The van der Waals surface area contributed by atoms with Crippen LogP contribution in [0.2, 0.25) is 0 Å². The van der Waals surface area contributed by atoms with Crippen molar-refractivity contribution in [3.8, 4) is 5.75 Å². The van der Waals surface area contributed by atoms with Crippen molar-refractivity contribution < 1.29 is 27.9 Å². The Morgan fingerprint density at radius 1 is 0.935 bits per heavy atom. The number of hydrogen-bond acceptors (Lipinski definition) is 4. The molecular formula is C22H22F3N3O3. The number of phenolic OH excluding ortho intramolecular Hbond substituents is 1. The summed E-state index contributed by atoms with van der Waals surface area (Å²) in [7, 11) is 0. The number of amides is 2. The molecule has 4 rings (SSSR count). The molecule has 1 N–H and O–H groups in total. The highest BCUT2D eigenvalue weighted by Crippen LogP contribution is 2.32. The number of para-hydroxylation sites is 1. The van der Waals surface area contributed by atoms with Crippen molar-refractivity contribution >= 4 is 17.5 Å². The second-order valence-electron chi connectivity index (χ2n) is 7.68. The molecule has 2 fully saturated rings. The van der Waals surface area contributed by atoms with Crippen LogP contribution >= 0.6 is 0 Å². The summed E-state index contributed by atoms with van der Waals surface area (Å²) in [5, 5.41) is 9.90. The largest absolute Gasteiger partial charge is 0.507 e. The minimum absolute atomic E-state index is 0.0620. The molecule has 6 nitrogen and oxygen atoms in total. The lowest BCUT2D eigenvalue weighted by Crippen LogP contribution is -2.53. The van der Waals surface area contributed by atoms with Gasteiger partial charge in [-0.2, -0.15) is 13.2 Å². The topological polar surface area (TPSA) is 64.1 Å². The van der Waals surface area contributed by atoms with E-state index in [9.17, 15) is 27.9 Å². The minimum Gasteiger partial charge on any atom is -0.507 e. The number of anilines is 1. The van der Waals surface area contributed by atoms with E-state index in [1.54, 1.807) is 23.1 Å². The first kappa shape index (κ1) is 21.2. The second-order valence-corrected chi connectivity index (χ2v) is 7.68. The van der Waals surface area contributed by atoms with E-state index in [0.29, 0.717) is 44.8 Å². The van der Waals surface area contributed by atoms with Crippen LogP contribution in [-0.2, 0) is 11.0 Å². The molecule has 1 atom stereocenters. The normalized spacial score (nSPS) is 20.4. The molecule has 2 aliphatic heterocycles. The van der Waals surface area contributed by atoms with Crippen LogP contribution in [0.5, 0.6) is 5.75 Å². The number of carbonyl (C=O) groups excluding carboxylic acids is 2. The highest BCUT2D eigenvalue weighted by atomic mass is 19.4. The molecule has 9 heteroatoms. The van der Waals surface area contributed by atoms with Crippen molar-refractivity contribution in [2.75, 3.05) is 37.6 Å². The molecule has 0 aliphatic carbocycles. The van der Waals surface area contributed by atoms with Crippen LogP contribution in [0.15, 0.2) is 48.5 Å². The molecule has 0 radical (unpaired) electrons. The van der Waals surface area contributed by atoms with Crippen LogP contribution in [0.4, 0.5) is 18.9 Å². The monoisotopic (exact) mass is 433 g/mol. The molecule has 0 spiro atoms. The average molecular weight is 433 g/mol. The van der Waals surface area contributed by atoms with Crippen LogP contribution in [0, 0.1) is 0 Å². The molecule has 31 heavy (non-hydrogen) atoms. The maximum Gasteiger partial charge on any atom is 0.416 e. The van der Waals surface area contributed by atoms with Gasteiger partial charge in [0.25, 0.3) is 5.91 Å². The van der Waals surface area contributed by atoms with Crippen LogP contribution in [0.3, 0.4) is 0 Å². The Morgan fingerprint density at radius 2 is 1.58 bits per heavy atom. The molecule has 2 saturated heterocycles. The standard InChI is InChI=1S/C22H22F3N3O3/c23-22(24,25)15-5-7-16(8-6-15)28-10-9-18(21(28)31)26-11-13-27(14-12-26)20(30)17-3-1-2-4-19(17)29/h1-8,18,29H,9-14H2/t18-/m0/s1. The summed E-state index contributed by atoms with van der Waals surface area (Å²) < 4.78 is 38.3. The van der Waals surface area contributed by atoms with Gasteiger partial charge < -0.3 is 14.9 Å². The van der Waals surface area contributed by atoms with Gasteiger partial charge in [-0.25, -0.2) is 0 Å². The number of benzene rings is 2. The van der Waals surface area contributed by atoms with E-state index in [0.717, 1.165) is 12.1 Å². The number of rotatable bonds is 3. The molecule has 2 aromatic rings. The van der Waals surface area contributed by atoms with Gasteiger partial charge in [-0.3, -0.25) is 14.5 Å². The van der Waals surface area contributed by atoms with Gasteiger partial charge in [0, 0.05) is 38.4 Å². The number of carbonyl (C=O) groups is 2. The fourth-order valence-corrected chi connectivity index (χ4v) is 4.15. The fraction of sp³-hybridized carbons (Fsp3) is 0.364. The van der Waals surface area contributed by atoms with Gasteiger partial charge in [0.1, 0.15) is 5.75 Å². The van der Waals surface area contributed by atoms with Crippen molar-refractivity contribution in [2.45, 2.75) is 18.6 Å². The molecule has 2 heterocycles. The average Bonchev–Trinajstić information content (AvgIpc) is 3.14. The zero-order chi connectivity index (χ0) is 22.2. The first-order chi connectivity index (χ1) is 14.8. The van der Waals surface area contributed by atoms with Crippen molar-refractivity contribution in [2.24, 2.45) is 0 Å². The first-order valence-corrected chi connectivity index (χ1v) is 10.1. The first-order valence-electron chi connectivity index (χ1n) is 10.1. The quantitative estimate of drug-likeness (QED) is 0.809. The highest BCUT2D eigenvalue weighted by Gasteiger charge is 2.39. The Labute approximate surface area is 177 Å². The Balaban J connectivity index is 1.37. The smallest absolute Gasteiger partial charge is 0.416 e. The Kier molecular flexibility index (Phi) is 5.62. The Bertz CT molecular complexity index is 970. The van der Waals surface area contributed by atoms with Gasteiger partial charge in [0.15, 0.2) is 0 Å². The van der Waals surface area contributed by atoms with Crippen molar-refractivity contribution in [1.82, 2.24) is 9.80 Å². The lowest BCUT2D eigenvalue weighted by Gasteiger charge is -2.37. The number of aromatic hydroxyl groups is 1. The molecule has 2 aromatic carbocycles. The van der Waals surface area contributed by atoms with E-state index in [2.05, 4.69) is 0 Å². The molecule has 0 saturated carbocycles. The zero-order valence-corrected chi connectivity index (χ0v) is 16.7. The summed E-state index contributed by atoms with van der Waals surface area (Å²) >= 11 is 0. The summed E-state index contributed by atoms with van der Waals surface area (Å²) in [6, 6.07) is 10.7. The summed E-state index contributed by atoms with van der Waals surface area (Å²) in [5.41, 5.74) is -0.0417. The predicted octanol–water partition coefficient (Wildman–Crippen LogP) is 2.97. The maximum atomic E-state index is 12.9. The summed E-state index contributed by atoms with van der Waals surface area (Å²) in [4.78, 5) is 30.7. The lowest BCUT2D eigenvalue weighted by atomic mass is 10.1. The van der Waals surface area contributed by atoms with Crippen LogP contribution in [0.25, 0.3) is 0 Å². The van der Waals surface area contributed by atoms with Crippen LogP contribution in [-0.4, -0.2) is 65.5 Å². The van der Waals surface area contributed by atoms with Gasteiger partial charge >= 0.3 is 6.18 Å². The Hall–Kier alpha value is -3.07. The minimum atomic E-state index is -4.41. The molecule has 0 bridgehead atoms. The van der Waals surface area contributed by atoms with Crippen molar-refractivity contribution in [3.05, 3.63) is 59.7 Å². The molecule has 0 aromatic heterocycles. The van der Waals surface area contributed by atoms with E-state index in [1.165, 1.54) is 23.1 Å². The summed E-state index contributed by atoms with van der Waals surface area (Å²) in [6.45, 7) is 2.31. The molecule has 0 unspecified atom stereocenters.